The Kier molecular flexibility index (Phi) is 2.19. The Morgan fingerprint density at radius 3 is 2.54 bits per heavy atom. The van der Waals surface area contributed by atoms with Gasteiger partial charge in [-0.05, 0) is 30.7 Å². The van der Waals surface area contributed by atoms with Crippen LogP contribution in [0, 0.1) is 5.82 Å². The molecule has 70 valence electrons. The van der Waals surface area contributed by atoms with Gasteiger partial charge in [0.1, 0.15) is 5.82 Å². The average Bonchev–Trinajstić information content (AvgIpc) is 2.53. The smallest absolute Gasteiger partial charge is 0.123 e. The minimum Gasteiger partial charge on any atom is -0.370 e. The van der Waals surface area contributed by atoms with Crippen LogP contribution in [0.5, 0.6) is 0 Å². The van der Waals surface area contributed by atoms with Crippen LogP contribution < -0.4 is 10.6 Å². The van der Waals surface area contributed by atoms with E-state index in [0.717, 1.165) is 25.2 Å². The Morgan fingerprint density at radius 1 is 1.31 bits per heavy atom. The summed E-state index contributed by atoms with van der Waals surface area (Å²) in [5.74, 6) is -0.188. The molecule has 0 radical (unpaired) electrons. The molecule has 2 N–H and O–H groups in total. The summed E-state index contributed by atoms with van der Waals surface area (Å²) in [6, 6.07) is 6.84. The summed E-state index contributed by atoms with van der Waals surface area (Å²) >= 11 is 0. The van der Waals surface area contributed by atoms with E-state index < -0.39 is 0 Å². The SMILES string of the molecule is NC1CCN(c2ccc(F)cc2)C1. The van der Waals surface area contributed by atoms with Crippen LogP contribution in [0.15, 0.2) is 24.3 Å². The Bertz CT molecular complexity index is 283. The van der Waals surface area contributed by atoms with Crippen molar-refractivity contribution in [1.82, 2.24) is 0 Å². The van der Waals surface area contributed by atoms with E-state index >= 15 is 0 Å². The molecule has 2 nitrogen and oxygen atoms in total. The zero-order valence-electron chi connectivity index (χ0n) is 7.41. The zero-order valence-corrected chi connectivity index (χ0v) is 7.41. The summed E-state index contributed by atoms with van der Waals surface area (Å²) < 4.78 is 12.6. The van der Waals surface area contributed by atoms with Gasteiger partial charge in [0, 0.05) is 24.8 Å². The minimum atomic E-state index is -0.188. The topological polar surface area (TPSA) is 29.3 Å². The molecule has 0 bridgehead atoms. The van der Waals surface area contributed by atoms with Crippen molar-refractivity contribution in [3.63, 3.8) is 0 Å². The average molecular weight is 180 g/mol. The van der Waals surface area contributed by atoms with E-state index in [4.69, 9.17) is 5.73 Å². The van der Waals surface area contributed by atoms with E-state index in [0.29, 0.717) is 0 Å². The van der Waals surface area contributed by atoms with Gasteiger partial charge in [0.05, 0.1) is 0 Å². The van der Waals surface area contributed by atoms with Gasteiger partial charge in [-0.15, -0.1) is 0 Å². The molecule has 0 aliphatic carbocycles. The standard InChI is InChI=1S/C10H13FN2/c11-8-1-3-10(4-2-8)13-6-5-9(12)7-13/h1-4,9H,5-7,12H2. The fraction of sp³-hybridized carbons (Fsp3) is 0.400. The van der Waals surface area contributed by atoms with E-state index in [-0.39, 0.29) is 11.9 Å². The predicted molar refractivity (Wildman–Crippen MR) is 51.2 cm³/mol. The predicted octanol–water partition coefficient (Wildman–Crippen LogP) is 1.36. The highest BCUT2D eigenvalue weighted by atomic mass is 19.1. The van der Waals surface area contributed by atoms with Crippen LogP contribution in [0.25, 0.3) is 0 Å². The van der Waals surface area contributed by atoms with E-state index in [9.17, 15) is 4.39 Å². The second kappa shape index (κ2) is 3.34. The first-order valence-corrected chi connectivity index (χ1v) is 4.52. The maximum atomic E-state index is 12.6. The second-order valence-electron chi connectivity index (χ2n) is 3.47. The summed E-state index contributed by atoms with van der Waals surface area (Å²) in [7, 11) is 0. The highest BCUT2D eigenvalue weighted by Gasteiger charge is 2.18. The van der Waals surface area contributed by atoms with Crippen LogP contribution >= 0.6 is 0 Å². The molecule has 2 rings (SSSR count). The molecule has 1 saturated heterocycles. The molecule has 0 aromatic heterocycles. The lowest BCUT2D eigenvalue weighted by Crippen LogP contribution is -2.26. The van der Waals surface area contributed by atoms with Crippen molar-refractivity contribution in [2.45, 2.75) is 12.5 Å². The second-order valence-corrected chi connectivity index (χ2v) is 3.47. The van der Waals surface area contributed by atoms with E-state index in [1.54, 1.807) is 12.1 Å². The summed E-state index contributed by atoms with van der Waals surface area (Å²) in [4.78, 5) is 2.18. The largest absolute Gasteiger partial charge is 0.370 e. The third kappa shape index (κ3) is 1.80. The third-order valence-electron chi connectivity index (χ3n) is 2.42. The molecule has 1 aliphatic heterocycles. The van der Waals surface area contributed by atoms with Crippen LogP contribution in [0.1, 0.15) is 6.42 Å². The number of rotatable bonds is 1. The van der Waals surface area contributed by atoms with Gasteiger partial charge >= 0.3 is 0 Å². The minimum absolute atomic E-state index is 0.188. The molecule has 1 fully saturated rings. The van der Waals surface area contributed by atoms with Crippen molar-refractivity contribution < 1.29 is 4.39 Å². The molecule has 1 aliphatic rings. The number of nitrogens with zero attached hydrogens (tertiary/aromatic N) is 1. The first-order chi connectivity index (χ1) is 6.25. The Balaban J connectivity index is 2.13. The van der Waals surface area contributed by atoms with Crippen LogP contribution in [0.4, 0.5) is 10.1 Å². The fourth-order valence-corrected chi connectivity index (χ4v) is 1.67. The van der Waals surface area contributed by atoms with Crippen molar-refractivity contribution in [3.8, 4) is 0 Å². The molecule has 3 heteroatoms. The van der Waals surface area contributed by atoms with Crippen molar-refractivity contribution in [2.75, 3.05) is 18.0 Å². The van der Waals surface area contributed by atoms with Gasteiger partial charge in [-0.3, -0.25) is 0 Å². The van der Waals surface area contributed by atoms with E-state index in [1.165, 1.54) is 12.1 Å². The van der Waals surface area contributed by atoms with Crippen LogP contribution in [-0.2, 0) is 0 Å². The quantitative estimate of drug-likeness (QED) is 0.707. The van der Waals surface area contributed by atoms with Gasteiger partial charge in [0.25, 0.3) is 0 Å². The normalized spacial score (nSPS) is 22.3. The van der Waals surface area contributed by atoms with E-state index in [1.807, 2.05) is 0 Å². The Morgan fingerprint density at radius 2 is 2.00 bits per heavy atom. The number of hydrogen-bond acceptors (Lipinski definition) is 2. The number of halogens is 1. The van der Waals surface area contributed by atoms with Gasteiger partial charge in [-0.2, -0.15) is 0 Å². The highest BCUT2D eigenvalue weighted by molar-refractivity contribution is 5.47. The summed E-state index contributed by atoms with van der Waals surface area (Å²) in [5.41, 5.74) is 6.84. The highest BCUT2D eigenvalue weighted by Crippen LogP contribution is 2.19. The van der Waals surface area contributed by atoms with Crippen molar-refractivity contribution in [1.29, 1.82) is 0 Å². The first kappa shape index (κ1) is 8.51. The number of benzene rings is 1. The summed E-state index contributed by atoms with van der Waals surface area (Å²) in [6.07, 6.45) is 1.03. The lowest BCUT2D eigenvalue weighted by Gasteiger charge is -2.17. The maximum absolute atomic E-state index is 12.6. The molecule has 0 saturated carbocycles. The third-order valence-corrected chi connectivity index (χ3v) is 2.42. The number of anilines is 1. The molecule has 0 spiro atoms. The van der Waals surface area contributed by atoms with Gasteiger partial charge < -0.3 is 10.6 Å². The molecule has 1 aromatic rings. The number of hydrogen-bond donors (Lipinski definition) is 1. The molecule has 13 heavy (non-hydrogen) atoms. The first-order valence-electron chi connectivity index (χ1n) is 4.52. The Labute approximate surface area is 77.2 Å². The monoisotopic (exact) mass is 180 g/mol. The molecule has 1 unspecified atom stereocenters. The summed E-state index contributed by atoms with van der Waals surface area (Å²) in [5, 5.41) is 0. The Hall–Kier alpha value is -1.09. The molecule has 1 aromatic carbocycles. The molecule has 0 amide bonds. The number of nitrogens with two attached hydrogens (primary N) is 1. The van der Waals surface area contributed by atoms with Gasteiger partial charge in [-0.25, -0.2) is 4.39 Å². The fourth-order valence-electron chi connectivity index (χ4n) is 1.67. The lowest BCUT2D eigenvalue weighted by molar-refractivity contribution is 0.627. The summed E-state index contributed by atoms with van der Waals surface area (Å²) in [6.45, 7) is 1.86. The van der Waals surface area contributed by atoms with Crippen LogP contribution in [-0.4, -0.2) is 19.1 Å². The van der Waals surface area contributed by atoms with Crippen molar-refractivity contribution >= 4 is 5.69 Å². The van der Waals surface area contributed by atoms with Crippen molar-refractivity contribution in [2.24, 2.45) is 5.73 Å². The maximum Gasteiger partial charge on any atom is 0.123 e. The molecule has 1 atom stereocenters. The van der Waals surface area contributed by atoms with Gasteiger partial charge in [0.2, 0.25) is 0 Å². The zero-order chi connectivity index (χ0) is 9.26. The van der Waals surface area contributed by atoms with Crippen LogP contribution in [0.3, 0.4) is 0 Å². The van der Waals surface area contributed by atoms with Gasteiger partial charge in [-0.1, -0.05) is 0 Å². The lowest BCUT2D eigenvalue weighted by atomic mass is 10.3. The van der Waals surface area contributed by atoms with E-state index in [2.05, 4.69) is 4.90 Å². The molecular weight excluding hydrogens is 167 g/mol. The molecular formula is C10H13FN2. The van der Waals surface area contributed by atoms with Gasteiger partial charge in [0.15, 0.2) is 0 Å². The van der Waals surface area contributed by atoms with Crippen molar-refractivity contribution in [3.05, 3.63) is 30.1 Å². The molecule has 1 heterocycles. The van der Waals surface area contributed by atoms with Crippen LogP contribution in [0.2, 0.25) is 0 Å².